The number of rotatable bonds is 5. The molecule has 0 bridgehead atoms. The maximum Gasteiger partial charge on any atom is 0.254 e. The molecule has 0 spiro atoms. The zero-order valence-corrected chi connectivity index (χ0v) is 14.2. The van der Waals surface area contributed by atoms with E-state index in [9.17, 15) is 9.90 Å². The zero-order chi connectivity index (χ0) is 17.1. The minimum absolute atomic E-state index is 0.0710. The van der Waals surface area contributed by atoms with Gasteiger partial charge in [-0.15, -0.1) is 0 Å². The maximum atomic E-state index is 11.7. The molecule has 130 valence electrons. The molecule has 7 nitrogen and oxygen atoms in total. The molecule has 0 aromatic carbocycles. The van der Waals surface area contributed by atoms with Crippen molar-refractivity contribution in [2.24, 2.45) is 17.1 Å². The van der Waals surface area contributed by atoms with E-state index < -0.39 is 5.91 Å². The van der Waals surface area contributed by atoms with E-state index >= 15 is 0 Å². The Balaban J connectivity index is 1.51. The molecule has 24 heavy (non-hydrogen) atoms. The number of carbonyl (C=O) groups excluding carboxylic acids is 1. The molecule has 3 aliphatic rings. The molecular formula is C17H25N5O2. The Morgan fingerprint density at radius 2 is 2.12 bits per heavy atom. The smallest absolute Gasteiger partial charge is 0.254 e. The van der Waals surface area contributed by atoms with E-state index in [1.54, 1.807) is 0 Å². The summed E-state index contributed by atoms with van der Waals surface area (Å²) < 4.78 is 0. The summed E-state index contributed by atoms with van der Waals surface area (Å²) in [6.45, 7) is 4.16. The van der Waals surface area contributed by atoms with Gasteiger partial charge < -0.3 is 21.5 Å². The third-order valence-electron chi connectivity index (χ3n) is 5.99. The number of hydrogen-bond acceptors (Lipinski definition) is 6. The van der Waals surface area contributed by atoms with Crippen LogP contribution >= 0.6 is 0 Å². The van der Waals surface area contributed by atoms with Crippen LogP contribution in [0.3, 0.4) is 0 Å². The first kappa shape index (κ1) is 15.6. The Morgan fingerprint density at radius 3 is 2.71 bits per heavy atom. The lowest BCUT2D eigenvalue weighted by molar-refractivity contribution is 0.00912. The van der Waals surface area contributed by atoms with Crippen LogP contribution < -0.4 is 16.4 Å². The number of aliphatic hydroxyl groups excluding tert-OH is 1. The van der Waals surface area contributed by atoms with Gasteiger partial charge in [-0.25, -0.2) is 4.98 Å². The van der Waals surface area contributed by atoms with Crippen LogP contribution in [0, 0.1) is 11.3 Å². The van der Waals surface area contributed by atoms with Crippen molar-refractivity contribution in [2.45, 2.75) is 63.6 Å². The predicted octanol–water partition coefficient (Wildman–Crippen LogP) is 1.50. The second-order valence-corrected chi connectivity index (χ2v) is 8.33. The van der Waals surface area contributed by atoms with Gasteiger partial charge in [-0.1, -0.05) is 13.8 Å². The van der Waals surface area contributed by atoms with Crippen molar-refractivity contribution >= 4 is 17.7 Å². The van der Waals surface area contributed by atoms with Gasteiger partial charge in [0.25, 0.3) is 5.91 Å². The fourth-order valence-corrected chi connectivity index (χ4v) is 3.60. The maximum absolute atomic E-state index is 11.7. The molecule has 3 fully saturated rings. The molecule has 1 aromatic rings. The molecule has 2 unspecified atom stereocenters. The highest BCUT2D eigenvalue weighted by molar-refractivity contribution is 5.97. The standard InChI is InChI=1S/C17H25N5O2/c1-16(2)4-3-10(5-12(16)23)20-14-11(13(18)24)8-19-15(21-14)22-17-6-9(17)7-17/h8-10,12,23H,3-7H2,1-2H3,(H2,18,24)(H2,19,20,21,22). The summed E-state index contributed by atoms with van der Waals surface area (Å²) in [5, 5.41) is 17.0. The summed E-state index contributed by atoms with van der Waals surface area (Å²) in [4.78, 5) is 20.4. The lowest BCUT2D eigenvalue weighted by Crippen LogP contribution is -2.41. The molecule has 1 amide bonds. The summed E-state index contributed by atoms with van der Waals surface area (Å²) >= 11 is 0. The van der Waals surface area contributed by atoms with Gasteiger partial charge in [-0.2, -0.15) is 4.98 Å². The number of primary amides is 1. The summed E-state index contributed by atoms with van der Waals surface area (Å²) in [7, 11) is 0. The second kappa shape index (κ2) is 5.05. The van der Waals surface area contributed by atoms with Crippen molar-refractivity contribution in [2.75, 3.05) is 10.6 Å². The van der Waals surface area contributed by atoms with E-state index in [1.807, 2.05) is 0 Å². The number of carbonyl (C=O) groups is 1. The summed E-state index contributed by atoms with van der Waals surface area (Å²) in [5.41, 5.74) is 5.90. The Bertz CT molecular complexity index is 684. The first-order valence-electron chi connectivity index (χ1n) is 8.69. The quantitative estimate of drug-likeness (QED) is 0.650. The molecule has 2 atom stereocenters. The lowest BCUT2D eigenvalue weighted by Gasteiger charge is -2.39. The third kappa shape index (κ3) is 2.70. The average Bonchev–Trinajstić information content (AvgIpc) is 3.33. The van der Waals surface area contributed by atoms with Gasteiger partial charge in [-0.3, -0.25) is 4.79 Å². The number of hydrogen-bond donors (Lipinski definition) is 4. The number of nitrogens with two attached hydrogens (primary N) is 1. The van der Waals surface area contributed by atoms with Crippen molar-refractivity contribution in [1.29, 1.82) is 0 Å². The highest BCUT2D eigenvalue weighted by Crippen LogP contribution is 2.68. The minimum atomic E-state index is -0.547. The Hall–Kier alpha value is -1.89. The summed E-state index contributed by atoms with van der Waals surface area (Å²) in [6, 6.07) is 0.0710. The van der Waals surface area contributed by atoms with Crippen molar-refractivity contribution < 1.29 is 9.90 Å². The van der Waals surface area contributed by atoms with Gasteiger partial charge in [0.15, 0.2) is 0 Å². The first-order chi connectivity index (χ1) is 11.3. The molecule has 0 radical (unpaired) electrons. The van der Waals surface area contributed by atoms with Gasteiger partial charge in [0.05, 0.1) is 11.7 Å². The molecule has 7 heteroatoms. The number of nitrogens with zero attached hydrogens (tertiary/aromatic N) is 2. The van der Waals surface area contributed by atoms with Crippen LogP contribution in [0.15, 0.2) is 6.20 Å². The number of anilines is 2. The highest BCUT2D eigenvalue weighted by Gasteiger charge is 2.70. The monoisotopic (exact) mass is 331 g/mol. The minimum Gasteiger partial charge on any atom is -0.392 e. The zero-order valence-electron chi connectivity index (χ0n) is 14.2. The van der Waals surface area contributed by atoms with E-state index in [2.05, 4.69) is 34.4 Å². The Labute approximate surface area is 141 Å². The van der Waals surface area contributed by atoms with Crippen LogP contribution in [0.2, 0.25) is 0 Å². The summed E-state index contributed by atoms with van der Waals surface area (Å²) in [5.74, 6) is 1.23. The van der Waals surface area contributed by atoms with Gasteiger partial charge in [0, 0.05) is 17.8 Å². The fourth-order valence-electron chi connectivity index (χ4n) is 3.60. The first-order valence-corrected chi connectivity index (χ1v) is 8.69. The molecule has 3 saturated carbocycles. The molecule has 5 N–H and O–H groups in total. The van der Waals surface area contributed by atoms with Crippen LogP contribution in [0.5, 0.6) is 0 Å². The predicted molar refractivity (Wildman–Crippen MR) is 90.7 cm³/mol. The molecule has 0 aliphatic heterocycles. The van der Waals surface area contributed by atoms with Gasteiger partial charge >= 0.3 is 0 Å². The van der Waals surface area contributed by atoms with Crippen LogP contribution in [0.4, 0.5) is 11.8 Å². The second-order valence-electron chi connectivity index (χ2n) is 8.33. The van der Waals surface area contributed by atoms with Crippen molar-refractivity contribution in [3.05, 3.63) is 11.8 Å². The largest absolute Gasteiger partial charge is 0.392 e. The number of amides is 1. The Morgan fingerprint density at radius 1 is 1.42 bits per heavy atom. The SMILES string of the molecule is CC1(C)CCC(Nc2nc(NC34CC3C4)ncc2C(N)=O)CC1O. The van der Waals surface area contributed by atoms with Crippen molar-refractivity contribution in [3.63, 3.8) is 0 Å². The fraction of sp³-hybridized carbons (Fsp3) is 0.706. The number of nitrogens with one attached hydrogen (secondary N) is 2. The van der Waals surface area contributed by atoms with Crippen molar-refractivity contribution in [1.82, 2.24) is 9.97 Å². The number of aliphatic hydroxyl groups is 1. The average molecular weight is 331 g/mol. The number of aromatic nitrogens is 2. The summed E-state index contributed by atoms with van der Waals surface area (Å²) in [6.07, 6.45) is 5.93. The van der Waals surface area contributed by atoms with E-state index in [0.717, 1.165) is 18.8 Å². The Kier molecular flexibility index (Phi) is 3.29. The van der Waals surface area contributed by atoms with E-state index in [4.69, 9.17) is 5.73 Å². The highest BCUT2D eigenvalue weighted by atomic mass is 16.3. The van der Waals surface area contributed by atoms with Crippen molar-refractivity contribution in [3.8, 4) is 0 Å². The molecule has 3 aliphatic carbocycles. The van der Waals surface area contributed by atoms with E-state index in [1.165, 1.54) is 19.0 Å². The molecule has 1 heterocycles. The lowest BCUT2D eigenvalue weighted by atomic mass is 9.73. The van der Waals surface area contributed by atoms with Crippen LogP contribution in [-0.2, 0) is 0 Å². The molecular weight excluding hydrogens is 306 g/mol. The van der Waals surface area contributed by atoms with Gasteiger partial charge in [0.1, 0.15) is 5.82 Å². The normalized spacial score (nSPS) is 35.7. The van der Waals surface area contributed by atoms with Crippen LogP contribution in [0.25, 0.3) is 0 Å². The third-order valence-corrected chi connectivity index (χ3v) is 5.99. The topological polar surface area (TPSA) is 113 Å². The van der Waals surface area contributed by atoms with Gasteiger partial charge in [-0.05, 0) is 43.4 Å². The molecule has 0 saturated heterocycles. The van der Waals surface area contributed by atoms with Crippen LogP contribution in [0.1, 0.15) is 56.3 Å². The van der Waals surface area contributed by atoms with Crippen LogP contribution in [-0.4, -0.2) is 38.7 Å². The molecule has 4 rings (SSSR count). The molecule has 1 aromatic heterocycles. The van der Waals surface area contributed by atoms with E-state index in [0.29, 0.717) is 23.8 Å². The van der Waals surface area contributed by atoms with Gasteiger partial charge in [0.2, 0.25) is 5.95 Å². The number of fused-ring (bicyclic) bond motifs is 1. The van der Waals surface area contributed by atoms with E-state index in [-0.39, 0.29) is 23.1 Å².